The third-order valence-corrected chi connectivity index (χ3v) is 8.32. The number of nitrogens with zero attached hydrogens (tertiary/aromatic N) is 5. The molecular formula is C31H44N6O5. The summed E-state index contributed by atoms with van der Waals surface area (Å²) in [6.45, 7) is 12.8. The molecule has 2 N–H and O–H groups in total. The molecular weight excluding hydrogens is 536 g/mol. The first-order chi connectivity index (χ1) is 20.0. The number of hydrogen-bond donors (Lipinski definition) is 2. The SMILES string of the molecule is CC(Nc1nccc(N2C(=O)OC[C@@H]2C(C)OC(C)(C)C)n1)c1ccc(C(CC2CC2)N2CCN(C(=O)O)CC2)cc1. The Kier molecular flexibility index (Phi) is 8.89. The average Bonchev–Trinajstić information content (AvgIpc) is 3.69. The van der Waals surface area contributed by atoms with Gasteiger partial charge in [-0.2, -0.15) is 4.98 Å². The van der Waals surface area contributed by atoms with Crippen LogP contribution in [0.1, 0.15) is 77.1 Å². The van der Waals surface area contributed by atoms with Gasteiger partial charge >= 0.3 is 12.2 Å². The fourth-order valence-electron chi connectivity index (χ4n) is 5.91. The number of cyclic esters (lactones) is 1. The van der Waals surface area contributed by atoms with E-state index in [-0.39, 0.29) is 30.4 Å². The number of amides is 2. The molecule has 3 heterocycles. The predicted molar refractivity (Wildman–Crippen MR) is 160 cm³/mol. The minimum atomic E-state index is -0.835. The zero-order valence-electron chi connectivity index (χ0n) is 25.3. The number of ether oxygens (including phenoxy) is 2. The van der Waals surface area contributed by atoms with Gasteiger partial charge in [0.25, 0.3) is 0 Å². The topological polar surface area (TPSA) is 120 Å². The Hall–Kier alpha value is -3.44. The van der Waals surface area contributed by atoms with Crippen LogP contribution in [0.4, 0.5) is 21.4 Å². The number of benzene rings is 1. The van der Waals surface area contributed by atoms with Gasteiger partial charge in [-0.15, -0.1) is 0 Å². The van der Waals surface area contributed by atoms with Gasteiger partial charge in [-0.05, 0) is 64.2 Å². The molecule has 2 aliphatic heterocycles. The zero-order chi connectivity index (χ0) is 30.0. The number of carboxylic acid groups (broad SMARTS) is 1. The molecule has 1 aliphatic carbocycles. The van der Waals surface area contributed by atoms with Crippen molar-refractivity contribution >= 4 is 24.0 Å². The van der Waals surface area contributed by atoms with Crippen molar-refractivity contribution in [3.8, 4) is 0 Å². The molecule has 0 spiro atoms. The summed E-state index contributed by atoms with van der Waals surface area (Å²) in [6, 6.07) is 10.3. The molecule has 4 atom stereocenters. The summed E-state index contributed by atoms with van der Waals surface area (Å²) in [5, 5.41) is 12.7. The van der Waals surface area contributed by atoms with Crippen LogP contribution in [-0.2, 0) is 9.47 Å². The van der Waals surface area contributed by atoms with E-state index in [4.69, 9.17) is 9.47 Å². The van der Waals surface area contributed by atoms with Gasteiger partial charge in [-0.25, -0.2) is 14.6 Å². The van der Waals surface area contributed by atoms with Crippen molar-refractivity contribution in [2.45, 2.75) is 83.7 Å². The summed E-state index contributed by atoms with van der Waals surface area (Å²) < 4.78 is 11.5. The van der Waals surface area contributed by atoms with Crippen molar-refractivity contribution in [3.63, 3.8) is 0 Å². The highest BCUT2D eigenvalue weighted by Crippen LogP contribution is 2.40. The second-order valence-electron chi connectivity index (χ2n) is 12.7. The summed E-state index contributed by atoms with van der Waals surface area (Å²) in [5.41, 5.74) is 2.01. The molecule has 0 bridgehead atoms. The maximum atomic E-state index is 12.7. The van der Waals surface area contributed by atoms with Gasteiger partial charge in [0.2, 0.25) is 5.95 Å². The fourth-order valence-corrected chi connectivity index (χ4v) is 5.91. The minimum Gasteiger partial charge on any atom is -0.465 e. The zero-order valence-corrected chi connectivity index (χ0v) is 25.3. The van der Waals surface area contributed by atoms with E-state index >= 15 is 0 Å². The number of rotatable bonds is 10. The van der Waals surface area contributed by atoms with Gasteiger partial charge in [0.1, 0.15) is 18.5 Å². The van der Waals surface area contributed by atoms with Crippen molar-refractivity contribution in [1.29, 1.82) is 0 Å². The average molecular weight is 581 g/mol. The number of nitrogens with one attached hydrogen (secondary N) is 1. The van der Waals surface area contributed by atoms with Crippen LogP contribution in [0, 0.1) is 5.92 Å². The van der Waals surface area contributed by atoms with Crippen molar-refractivity contribution in [3.05, 3.63) is 47.7 Å². The Labute approximate surface area is 248 Å². The van der Waals surface area contributed by atoms with Crippen LogP contribution in [0.25, 0.3) is 0 Å². The van der Waals surface area contributed by atoms with Crippen LogP contribution in [0.2, 0.25) is 0 Å². The van der Waals surface area contributed by atoms with Gasteiger partial charge < -0.3 is 24.8 Å². The number of carbonyl (C=O) groups is 2. The third-order valence-electron chi connectivity index (χ3n) is 8.32. The Morgan fingerprint density at radius 1 is 1.10 bits per heavy atom. The number of anilines is 2. The first-order valence-corrected chi connectivity index (χ1v) is 15.0. The molecule has 2 saturated heterocycles. The van der Waals surface area contributed by atoms with Crippen LogP contribution in [0.15, 0.2) is 36.5 Å². The van der Waals surface area contributed by atoms with Crippen LogP contribution in [-0.4, -0.2) is 87.6 Å². The lowest BCUT2D eigenvalue weighted by atomic mass is 9.96. The van der Waals surface area contributed by atoms with E-state index in [0.717, 1.165) is 31.0 Å². The Morgan fingerprint density at radius 3 is 2.38 bits per heavy atom. The number of aromatic nitrogens is 2. The maximum absolute atomic E-state index is 12.7. The number of carbonyl (C=O) groups excluding carboxylic acids is 1. The van der Waals surface area contributed by atoms with Crippen LogP contribution >= 0.6 is 0 Å². The largest absolute Gasteiger partial charge is 0.465 e. The molecule has 3 aliphatic rings. The summed E-state index contributed by atoms with van der Waals surface area (Å²) >= 11 is 0. The minimum absolute atomic E-state index is 0.0697. The van der Waals surface area contributed by atoms with Gasteiger partial charge in [-0.1, -0.05) is 37.1 Å². The number of hydrogen-bond acceptors (Lipinski definition) is 8. The van der Waals surface area contributed by atoms with E-state index in [0.29, 0.717) is 30.9 Å². The van der Waals surface area contributed by atoms with E-state index in [9.17, 15) is 14.7 Å². The first-order valence-electron chi connectivity index (χ1n) is 15.0. The van der Waals surface area contributed by atoms with E-state index in [1.165, 1.54) is 23.3 Å². The quantitative estimate of drug-likeness (QED) is 0.385. The lowest BCUT2D eigenvalue weighted by molar-refractivity contribution is -0.0618. The normalized spacial score (nSPS) is 22.0. The lowest BCUT2D eigenvalue weighted by Crippen LogP contribution is -2.49. The van der Waals surface area contributed by atoms with E-state index in [2.05, 4.69) is 51.4 Å². The van der Waals surface area contributed by atoms with Crippen molar-refractivity contribution in [2.75, 3.05) is 43.0 Å². The molecule has 2 amide bonds. The Morgan fingerprint density at radius 2 is 1.76 bits per heavy atom. The molecule has 1 aromatic heterocycles. The molecule has 5 rings (SSSR count). The van der Waals surface area contributed by atoms with Crippen LogP contribution in [0.5, 0.6) is 0 Å². The molecule has 1 aromatic carbocycles. The highest BCUT2D eigenvalue weighted by molar-refractivity contribution is 5.89. The van der Waals surface area contributed by atoms with E-state index in [1.807, 2.05) is 27.7 Å². The second kappa shape index (κ2) is 12.4. The van der Waals surface area contributed by atoms with Gasteiger partial charge in [0, 0.05) is 38.4 Å². The lowest BCUT2D eigenvalue weighted by Gasteiger charge is -2.38. The summed E-state index contributed by atoms with van der Waals surface area (Å²) in [6.07, 6.45) is 3.79. The van der Waals surface area contributed by atoms with Crippen molar-refractivity contribution < 1.29 is 24.2 Å². The standard InChI is InChI=1S/C31H44N6O5/c1-20(33-28-32-13-12-27(34-28)37-26(19-41-30(37)40)21(2)42-31(3,4)5)23-8-10-24(11-9-23)25(18-22-6-7-22)35-14-16-36(17-15-35)29(38)39/h8-13,20-22,25-26H,6-7,14-19H2,1-5H3,(H,38,39)(H,32,33,34)/t20?,21?,25?,26-/m1/s1. The van der Waals surface area contributed by atoms with Gasteiger partial charge in [0.15, 0.2) is 0 Å². The van der Waals surface area contributed by atoms with Gasteiger partial charge in [-0.3, -0.25) is 9.80 Å². The maximum Gasteiger partial charge on any atom is 0.416 e. The molecule has 3 fully saturated rings. The van der Waals surface area contributed by atoms with Crippen molar-refractivity contribution in [1.82, 2.24) is 19.8 Å². The van der Waals surface area contributed by atoms with Gasteiger partial charge in [0.05, 0.1) is 17.7 Å². The van der Waals surface area contributed by atoms with E-state index in [1.54, 1.807) is 17.2 Å². The van der Waals surface area contributed by atoms with E-state index < -0.39 is 12.2 Å². The molecule has 42 heavy (non-hydrogen) atoms. The molecule has 1 saturated carbocycles. The third kappa shape index (κ3) is 7.30. The molecule has 2 aromatic rings. The van der Waals surface area contributed by atoms with Crippen LogP contribution < -0.4 is 10.2 Å². The summed E-state index contributed by atoms with van der Waals surface area (Å²) in [7, 11) is 0. The fraction of sp³-hybridized carbons (Fsp3) is 0.613. The highest BCUT2D eigenvalue weighted by atomic mass is 16.6. The summed E-state index contributed by atoms with van der Waals surface area (Å²) in [5.74, 6) is 1.65. The highest BCUT2D eigenvalue weighted by Gasteiger charge is 2.40. The number of piperazine rings is 1. The predicted octanol–water partition coefficient (Wildman–Crippen LogP) is 5.32. The molecule has 0 radical (unpaired) electrons. The monoisotopic (exact) mass is 580 g/mol. The molecule has 11 nitrogen and oxygen atoms in total. The molecule has 228 valence electrons. The molecule has 3 unspecified atom stereocenters. The Balaban J connectivity index is 1.25. The van der Waals surface area contributed by atoms with Crippen molar-refractivity contribution in [2.24, 2.45) is 5.92 Å². The smallest absolute Gasteiger partial charge is 0.416 e. The van der Waals surface area contributed by atoms with Crippen LogP contribution in [0.3, 0.4) is 0 Å². The first kappa shape index (κ1) is 30.0. The second-order valence-corrected chi connectivity index (χ2v) is 12.7. The molecule has 11 heteroatoms. The Bertz CT molecular complexity index is 1240. The summed E-state index contributed by atoms with van der Waals surface area (Å²) in [4.78, 5) is 38.6.